The van der Waals surface area contributed by atoms with Crippen molar-refractivity contribution < 1.29 is 4.42 Å². The molecule has 0 saturated heterocycles. The Hall–Kier alpha value is -1.92. The van der Waals surface area contributed by atoms with Crippen molar-refractivity contribution in [2.75, 3.05) is 0 Å². The molecule has 0 N–H and O–H groups in total. The van der Waals surface area contributed by atoms with E-state index in [0.29, 0.717) is 22.0 Å². The lowest BCUT2D eigenvalue weighted by atomic mass is 10.2. The number of hydrogen-bond donors (Lipinski definition) is 0. The maximum absolute atomic E-state index is 5.96. The van der Waals surface area contributed by atoms with Crippen molar-refractivity contribution in [3.05, 3.63) is 53.6 Å². The van der Waals surface area contributed by atoms with E-state index >= 15 is 0 Å². The van der Waals surface area contributed by atoms with E-state index in [1.54, 1.807) is 30.6 Å². The van der Waals surface area contributed by atoms with Gasteiger partial charge in [0.1, 0.15) is 0 Å². The lowest BCUT2D eigenvalue weighted by molar-refractivity contribution is 0.509. The van der Waals surface area contributed by atoms with Gasteiger partial charge in [0.15, 0.2) is 5.16 Å². The topological polar surface area (TPSA) is 64.7 Å². The highest BCUT2D eigenvalue weighted by Gasteiger charge is 2.17. The molecule has 3 rings (SSSR count). The Morgan fingerprint density at radius 3 is 2.71 bits per heavy atom. The molecule has 0 spiro atoms. The lowest BCUT2D eigenvalue weighted by Gasteiger charge is -2.04. The van der Waals surface area contributed by atoms with Crippen LogP contribution >= 0.6 is 23.4 Å². The van der Waals surface area contributed by atoms with E-state index in [4.69, 9.17) is 16.0 Å². The van der Waals surface area contributed by atoms with Crippen LogP contribution in [0.3, 0.4) is 0 Å². The molecule has 0 radical (unpaired) electrons. The van der Waals surface area contributed by atoms with Gasteiger partial charge in [-0.05, 0) is 31.2 Å². The van der Waals surface area contributed by atoms with Crippen molar-refractivity contribution in [2.45, 2.75) is 17.3 Å². The number of thioether (sulfide) groups is 1. The molecule has 3 aromatic rings. The molecule has 0 amide bonds. The second-order valence-electron chi connectivity index (χ2n) is 4.25. The number of benzene rings is 1. The third-order valence-corrected chi connectivity index (χ3v) is 3.90. The number of aromatic nitrogens is 4. The van der Waals surface area contributed by atoms with Gasteiger partial charge in [-0.3, -0.25) is 0 Å². The molecule has 0 bridgehead atoms. The van der Waals surface area contributed by atoms with Crippen molar-refractivity contribution in [3.63, 3.8) is 0 Å². The van der Waals surface area contributed by atoms with E-state index in [-0.39, 0.29) is 5.25 Å². The Bertz CT molecular complexity index is 735. The highest BCUT2D eigenvalue weighted by Crippen LogP contribution is 2.33. The van der Waals surface area contributed by atoms with Crippen molar-refractivity contribution in [1.82, 2.24) is 20.2 Å². The molecule has 21 heavy (non-hydrogen) atoms. The quantitative estimate of drug-likeness (QED) is 0.534. The first-order chi connectivity index (χ1) is 10.2. The Labute approximate surface area is 130 Å². The number of hydrogen-bond acceptors (Lipinski definition) is 6. The Morgan fingerprint density at radius 1 is 1.14 bits per heavy atom. The summed E-state index contributed by atoms with van der Waals surface area (Å²) in [4.78, 5) is 8.33. The molecule has 7 heteroatoms. The molecule has 0 aliphatic carbocycles. The Balaban J connectivity index is 1.78. The van der Waals surface area contributed by atoms with Crippen LogP contribution in [-0.4, -0.2) is 20.2 Å². The van der Waals surface area contributed by atoms with Crippen LogP contribution in [0.4, 0.5) is 0 Å². The average Bonchev–Trinajstić information content (AvgIpc) is 2.98. The number of rotatable bonds is 4. The van der Waals surface area contributed by atoms with Crippen molar-refractivity contribution in [1.29, 1.82) is 0 Å². The molecule has 0 unspecified atom stereocenters. The van der Waals surface area contributed by atoms with E-state index < -0.39 is 0 Å². The van der Waals surface area contributed by atoms with Gasteiger partial charge in [-0.1, -0.05) is 29.4 Å². The molecule has 0 aliphatic rings. The van der Waals surface area contributed by atoms with Crippen LogP contribution in [0.25, 0.3) is 11.5 Å². The van der Waals surface area contributed by atoms with Gasteiger partial charge in [0.25, 0.3) is 0 Å². The summed E-state index contributed by atoms with van der Waals surface area (Å²) in [7, 11) is 0. The molecular formula is C14H11ClN4OS. The fraction of sp³-hybridized carbons (Fsp3) is 0.143. The summed E-state index contributed by atoms with van der Waals surface area (Å²) in [5, 5.41) is 9.41. The summed E-state index contributed by atoms with van der Waals surface area (Å²) in [6.45, 7) is 1.97. The fourth-order valence-electron chi connectivity index (χ4n) is 1.69. The van der Waals surface area contributed by atoms with Crippen LogP contribution in [-0.2, 0) is 0 Å². The zero-order valence-corrected chi connectivity index (χ0v) is 12.7. The van der Waals surface area contributed by atoms with Gasteiger partial charge in [0.2, 0.25) is 11.8 Å². The van der Waals surface area contributed by atoms with Gasteiger partial charge in [0, 0.05) is 23.0 Å². The SMILES string of the molecule is C[C@H](Sc1ncccn1)c1nnc(-c2cccc(Cl)c2)o1. The highest BCUT2D eigenvalue weighted by atomic mass is 35.5. The summed E-state index contributed by atoms with van der Waals surface area (Å²) in [6, 6.07) is 9.09. The molecule has 0 fully saturated rings. The van der Waals surface area contributed by atoms with E-state index in [9.17, 15) is 0 Å². The fourth-order valence-corrected chi connectivity index (χ4v) is 2.64. The monoisotopic (exact) mass is 318 g/mol. The normalized spacial score (nSPS) is 12.3. The summed E-state index contributed by atoms with van der Waals surface area (Å²) >= 11 is 7.42. The van der Waals surface area contributed by atoms with Crippen LogP contribution in [0.5, 0.6) is 0 Å². The van der Waals surface area contributed by atoms with Gasteiger partial charge in [-0.15, -0.1) is 10.2 Å². The molecule has 2 aromatic heterocycles. The van der Waals surface area contributed by atoms with E-state index in [1.165, 1.54) is 11.8 Å². The standard InChI is InChI=1S/C14H11ClN4OS/c1-9(21-14-16-6-3-7-17-14)12-18-19-13(20-12)10-4-2-5-11(15)8-10/h2-9H,1H3/t9-/m0/s1. The predicted molar refractivity (Wildman–Crippen MR) is 81.0 cm³/mol. The summed E-state index contributed by atoms with van der Waals surface area (Å²) in [6.07, 6.45) is 3.40. The third kappa shape index (κ3) is 3.40. The van der Waals surface area contributed by atoms with E-state index in [1.807, 2.05) is 19.1 Å². The summed E-state index contributed by atoms with van der Waals surface area (Å²) in [5.41, 5.74) is 0.800. The first-order valence-corrected chi connectivity index (χ1v) is 7.51. The molecule has 1 atom stereocenters. The second kappa shape index (κ2) is 6.24. The summed E-state index contributed by atoms with van der Waals surface area (Å²) in [5.74, 6) is 0.983. The summed E-state index contributed by atoms with van der Waals surface area (Å²) < 4.78 is 5.70. The van der Waals surface area contributed by atoms with Crippen molar-refractivity contribution in [3.8, 4) is 11.5 Å². The van der Waals surface area contributed by atoms with Crippen LogP contribution in [0.1, 0.15) is 18.1 Å². The first kappa shape index (κ1) is 14.0. The molecule has 5 nitrogen and oxygen atoms in total. The van der Waals surface area contributed by atoms with Gasteiger partial charge in [-0.2, -0.15) is 0 Å². The van der Waals surface area contributed by atoms with Crippen LogP contribution < -0.4 is 0 Å². The smallest absolute Gasteiger partial charge is 0.247 e. The van der Waals surface area contributed by atoms with Gasteiger partial charge in [-0.25, -0.2) is 9.97 Å². The molecule has 2 heterocycles. The van der Waals surface area contributed by atoms with Crippen LogP contribution in [0.15, 0.2) is 52.3 Å². The number of halogens is 1. The largest absolute Gasteiger partial charge is 0.419 e. The zero-order valence-electron chi connectivity index (χ0n) is 11.1. The Morgan fingerprint density at radius 2 is 1.95 bits per heavy atom. The highest BCUT2D eigenvalue weighted by molar-refractivity contribution is 7.99. The van der Waals surface area contributed by atoms with E-state index in [2.05, 4.69) is 20.2 Å². The Kier molecular flexibility index (Phi) is 4.17. The van der Waals surface area contributed by atoms with Crippen molar-refractivity contribution in [2.24, 2.45) is 0 Å². The predicted octanol–water partition coefficient (Wildman–Crippen LogP) is 4.03. The maximum atomic E-state index is 5.96. The van der Waals surface area contributed by atoms with Crippen molar-refractivity contribution >= 4 is 23.4 Å². The first-order valence-electron chi connectivity index (χ1n) is 6.25. The van der Waals surface area contributed by atoms with E-state index in [0.717, 1.165) is 5.56 Å². The lowest BCUT2D eigenvalue weighted by Crippen LogP contribution is -1.91. The van der Waals surface area contributed by atoms with Crippen LogP contribution in [0, 0.1) is 0 Å². The molecule has 106 valence electrons. The van der Waals surface area contributed by atoms with Gasteiger partial charge >= 0.3 is 0 Å². The zero-order chi connectivity index (χ0) is 14.7. The van der Waals surface area contributed by atoms with Crippen LogP contribution in [0.2, 0.25) is 5.02 Å². The average molecular weight is 319 g/mol. The molecule has 0 saturated carbocycles. The minimum absolute atomic E-state index is 0.0344. The number of nitrogens with zero attached hydrogens (tertiary/aromatic N) is 4. The van der Waals surface area contributed by atoms with Gasteiger partial charge in [0.05, 0.1) is 5.25 Å². The molecular weight excluding hydrogens is 308 g/mol. The third-order valence-electron chi connectivity index (χ3n) is 2.68. The minimum Gasteiger partial charge on any atom is -0.419 e. The maximum Gasteiger partial charge on any atom is 0.247 e. The minimum atomic E-state index is -0.0344. The van der Waals surface area contributed by atoms with Gasteiger partial charge < -0.3 is 4.42 Å². The molecule has 1 aromatic carbocycles. The molecule has 0 aliphatic heterocycles. The second-order valence-corrected chi connectivity index (χ2v) is 5.99.